The van der Waals surface area contributed by atoms with Crippen molar-refractivity contribution in [3.63, 3.8) is 0 Å². The van der Waals surface area contributed by atoms with E-state index in [1.54, 1.807) is 43.0 Å². The molecule has 0 bridgehead atoms. The van der Waals surface area contributed by atoms with Crippen molar-refractivity contribution in [1.29, 1.82) is 0 Å². The Kier molecular flexibility index (Phi) is 8.63. The van der Waals surface area contributed by atoms with Crippen molar-refractivity contribution >= 4 is 51.7 Å². The molecule has 38 heavy (non-hydrogen) atoms. The van der Waals surface area contributed by atoms with Crippen LogP contribution in [0, 0.1) is 0 Å². The van der Waals surface area contributed by atoms with Crippen molar-refractivity contribution in [2.75, 3.05) is 36.4 Å². The third-order valence-corrected chi connectivity index (χ3v) is 6.74. The molecule has 204 valence electrons. The molecule has 2 aromatic heterocycles. The molecule has 2 amide bonds. The summed E-state index contributed by atoms with van der Waals surface area (Å²) in [5.74, 6) is -2.15. The Morgan fingerprint density at radius 1 is 1.21 bits per heavy atom. The minimum atomic E-state index is -4.90. The topological polar surface area (TPSA) is 101 Å². The molecular formula is C25H27F3IN5O4. The van der Waals surface area contributed by atoms with E-state index in [2.05, 4.69) is 37.9 Å². The first-order valence-corrected chi connectivity index (χ1v) is 13.3. The molecule has 2 aromatic rings. The van der Waals surface area contributed by atoms with Gasteiger partial charge in [0.15, 0.2) is 5.69 Å². The molecule has 1 atom stereocenters. The fourth-order valence-corrected chi connectivity index (χ4v) is 4.45. The number of ether oxygens (including phenoxy) is 1. The van der Waals surface area contributed by atoms with Gasteiger partial charge in [-0.15, -0.1) is 0 Å². The van der Waals surface area contributed by atoms with Crippen LogP contribution in [0.1, 0.15) is 48.8 Å². The maximum Gasteiger partial charge on any atom is 0.452 e. The van der Waals surface area contributed by atoms with E-state index < -0.39 is 23.5 Å². The second-order valence-corrected chi connectivity index (χ2v) is 10.7. The number of halogens is 4. The molecule has 1 aliphatic carbocycles. The lowest BCUT2D eigenvalue weighted by Gasteiger charge is -2.23. The number of amides is 2. The van der Waals surface area contributed by atoms with E-state index in [0.717, 1.165) is 0 Å². The van der Waals surface area contributed by atoms with Crippen molar-refractivity contribution in [3.8, 4) is 0 Å². The highest BCUT2D eigenvalue weighted by Gasteiger charge is 2.42. The molecule has 1 aliphatic heterocycles. The molecule has 0 radical (unpaired) electrons. The first kappa shape index (κ1) is 27.9. The predicted molar refractivity (Wildman–Crippen MR) is 143 cm³/mol. The molecule has 0 spiro atoms. The molecule has 3 heterocycles. The normalized spacial score (nSPS) is 18.3. The third-order valence-electron chi connectivity index (χ3n) is 5.81. The Labute approximate surface area is 231 Å². The fraction of sp³-hybridized carbons (Fsp3) is 0.440. The van der Waals surface area contributed by atoms with Gasteiger partial charge < -0.3 is 24.3 Å². The number of pyridine rings is 1. The number of carbonyl (C=O) groups is 2. The monoisotopic (exact) mass is 645 g/mol. The van der Waals surface area contributed by atoms with Gasteiger partial charge in [0.1, 0.15) is 5.82 Å². The number of oxazole rings is 1. The molecule has 2 aliphatic rings. The number of hydrogen-bond donors (Lipinski definition) is 1. The number of allylic oxidation sites excluding steroid dienone is 4. The molecule has 1 N–H and O–H groups in total. The Balaban J connectivity index is 1.44. The van der Waals surface area contributed by atoms with Gasteiger partial charge in [-0.3, -0.25) is 4.79 Å². The highest BCUT2D eigenvalue weighted by molar-refractivity contribution is 14.1. The van der Waals surface area contributed by atoms with Crippen LogP contribution in [0.15, 0.2) is 41.0 Å². The summed E-state index contributed by atoms with van der Waals surface area (Å²) in [5.41, 5.74) is -0.247. The molecular weight excluding hydrogens is 618 g/mol. The molecule has 0 aromatic carbocycles. The second kappa shape index (κ2) is 11.7. The van der Waals surface area contributed by atoms with Crippen LogP contribution in [-0.4, -0.2) is 63.1 Å². The Morgan fingerprint density at radius 3 is 2.63 bits per heavy atom. The van der Waals surface area contributed by atoms with Crippen LogP contribution in [0.5, 0.6) is 0 Å². The number of aromatic nitrogens is 2. The van der Waals surface area contributed by atoms with E-state index in [1.165, 1.54) is 6.20 Å². The Morgan fingerprint density at radius 2 is 2.00 bits per heavy atom. The number of nitrogens with one attached hydrogen (secondary N) is 1. The number of rotatable bonds is 5. The molecule has 4 rings (SSSR count). The summed E-state index contributed by atoms with van der Waals surface area (Å²) in [6.45, 7) is 5.80. The second-order valence-electron chi connectivity index (χ2n) is 9.08. The zero-order valence-corrected chi connectivity index (χ0v) is 23.0. The number of alkyl halides is 4. The summed E-state index contributed by atoms with van der Waals surface area (Å²) >= 11 is 2.20. The number of hydrogen-bond acceptors (Lipinski definition) is 7. The number of nitrogens with zero attached hydrogens (tertiary/aromatic N) is 4. The van der Waals surface area contributed by atoms with Crippen LogP contribution >= 0.6 is 22.6 Å². The van der Waals surface area contributed by atoms with Gasteiger partial charge in [-0.1, -0.05) is 40.8 Å². The van der Waals surface area contributed by atoms with Crippen LogP contribution in [0.2, 0.25) is 0 Å². The van der Waals surface area contributed by atoms with Crippen LogP contribution in [-0.2, 0) is 10.9 Å². The smallest absolute Gasteiger partial charge is 0.447 e. The first-order chi connectivity index (χ1) is 18.0. The molecule has 1 unspecified atom stereocenters. The summed E-state index contributed by atoms with van der Waals surface area (Å²) in [5, 5.41) is 2.43. The van der Waals surface area contributed by atoms with E-state index in [0.29, 0.717) is 50.4 Å². The van der Waals surface area contributed by atoms with Gasteiger partial charge in [0.2, 0.25) is 11.7 Å². The molecule has 0 saturated carbocycles. The van der Waals surface area contributed by atoms with E-state index in [4.69, 9.17) is 9.15 Å². The largest absolute Gasteiger partial charge is 0.452 e. The zero-order chi connectivity index (χ0) is 27.4. The average Bonchev–Trinajstić information content (AvgIpc) is 3.17. The van der Waals surface area contributed by atoms with Gasteiger partial charge in [-0.25, -0.2) is 14.8 Å². The SMILES string of the molecule is CC(C)OC(=O)N1CCCN(c2ccc(NC(=O)c3nc(C4=CCC(I)C=C4)oc3C(F)(F)F)cn2)CC1. The predicted octanol–water partition coefficient (Wildman–Crippen LogP) is 5.54. The quantitative estimate of drug-likeness (QED) is 0.337. The highest BCUT2D eigenvalue weighted by Crippen LogP contribution is 2.35. The summed E-state index contributed by atoms with van der Waals surface area (Å²) in [7, 11) is 0. The lowest BCUT2D eigenvalue weighted by Crippen LogP contribution is -2.36. The van der Waals surface area contributed by atoms with E-state index >= 15 is 0 Å². The summed E-state index contributed by atoms with van der Waals surface area (Å²) in [4.78, 5) is 36.8. The van der Waals surface area contributed by atoms with Crippen molar-refractivity contribution in [2.24, 2.45) is 0 Å². The summed E-state index contributed by atoms with van der Waals surface area (Å²) in [6.07, 6.45) is 2.43. The summed E-state index contributed by atoms with van der Waals surface area (Å²) in [6, 6.07) is 3.21. The lowest BCUT2D eigenvalue weighted by atomic mass is 10.1. The average molecular weight is 645 g/mol. The minimum Gasteiger partial charge on any atom is -0.447 e. The standard InChI is InChI=1S/C25H27F3IN5O4/c1-15(2)37-24(36)34-11-3-10-33(12-13-34)19-9-8-18(14-30-19)31-22(35)20-21(25(26,27)28)38-23(32-20)16-4-6-17(29)7-5-16/h4-6,8-9,14-15,17H,3,7,10-13H2,1-2H3,(H,31,35). The van der Waals surface area contributed by atoms with Crippen LogP contribution in [0.4, 0.5) is 29.5 Å². The third kappa shape index (κ3) is 6.85. The van der Waals surface area contributed by atoms with Crippen molar-refractivity contribution in [1.82, 2.24) is 14.9 Å². The van der Waals surface area contributed by atoms with E-state index in [-0.39, 0.29) is 27.7 Å². The zero-order valence-electron chi connectivity index (χ0n) is 20.8. The van der Waals surface area contributed by atoms with Crippen molar-refractivity contribution in [2.45, 2.75) is 42.9 Å². The van der Waals surface area contributed by atoms with Crippen molar-refractivity contribution < 1.29 is 31.9 Å². The van der Waals surface area contributed by atoms with Gasteiger partial charge >= 0.3 is 12.3 Å². The summed E-state index contributed by atoms with van der Waals surface area (Å²) < 4.78 is 51.3. The Bertz CT molecular complexity index is 1230. The van der Waals surface area contributed by atoms with Gasteiger partial charge in [0, 0.05) is 35.7 Å². The fourth-order valence-electron chi connectivity index (χ4n) is 3.99. The Hall–Kier alpha value is -3.10. The van der Waals surface area contributed by atoms with Crippen molar-refractivity contribution in [3.05, 3.63) is 53.9 Å². The molecule has 1 fully saturated rings. The molecule has 9 nitrogen and oxygen atoms in total. The maximum absolute atomic E-state index is 13.6. The van der Waals surface area contributed by atoms with Gasteiger partial charge in [-0.05, 0) is 38.8 Å². The number of anilines is 2. The maximum atomic E-state index is 13.6. The van der Waals surface area contributed by atoms with E-state index in [9.17, 15) is 22.8 Å². The number of carbonyl (C=O) groups excluding carboxylic acids is 2. The lowest BCUT2D eigenvalue weighted by molar-refractivity contribution is -0.153. The van der Waals surface area contributed by atoms with E-state index in [1.807, 2.05) is 11.0 Å². The van der Waals surface area contributed by atoms with Crippen LogP contribution in [0.3, 0.4) is 0 Å². The van der Waals surface area contributed by atoms with Crippen LogP contribution in [0.25, 0.3) is 5.57 Å². The highest BCUT2D eigenvalue weighted by atomic mass is 127. The molecule has 1 saturated heterocycles. The first-order valence-electron chi connectivity index (χ1n) is 12.1. The van der Waals surface area contributed by atoms with Gasteiger partial charge in [0.05, 0.1) is 18.0 Å². The van der Waals surface area contributed by atoms with Crippen LogP contribution < -0.4 is 10.2 Å². The minimum absolute atomic E-state index is 0.202. The molecule has 13 heteroatoms. The van der Waals surface area contributed by atoms with Gasteiger partial charge in [-0.2, -0.15) is 13.2 Å². The van der Waals surface area contributed by atoms with Gasteiger partial charge in [0.25, 0.3) is 5.91 Å².